The molecule has 0 unspecified atom stereocenters. The molecule has 0 heterocycles. The first-order chi connectivity index (χ1) is 1.00. The molecule has 0 rings (SSSR count). The quantitative estimate of drug-likeness (QED) is 0.536. The van der Waals surface area contributed by atoms with Gasteiger partial charge in [0.2, 0.25) is 0 Å². The summed E-state index contributed by atoms with van der Waals surface area (Å²) >= 11 is 2.94. The van der Waals surface area contributed by atoms with Gasteiger partial charge < -0.3 is 2.85 Å². The zero-order valence-corrected chi connectivity index (χ0v) is 11.8. The van der Waals surface area contributed by atoms with Gasteiger partial charge in [-0.2, -0.15) is 0 Å². The summed E-state index contributed by atoms with van der Waals surface area (Å²) in [4.78, 5) is 0. The Morgan fingerprint density at radius 1 is 1.33 bits per heavy atom. The molecule has 0 aliphatic carbocycles. The summed E-state index contributed by atoms with van der Waals surface area (Å²) in [5.41, 5.74) is 0. The molecule has 1 nitrogen and oxygen atoms in total. The maximum absolute atomic E-state index is 7.81. The molecule has 0 saturated heterocycles. The predicted molar refractivity (Wildman–Crippen MR) is 8.66 cm³/mol. The zero-order valence-electron chi connectivity index (χ0n) is 4.73. The first-order valence-electron chi connectivity index (χ1n) is 0.123. The third-order valence-corrected chi connectivity index (χ3v) is 0. The van der Waals surface area contributed by atoms with E-state index in [0.29, 0.717) is 0 Å². The van der Waals surface area contributed by atoms with Crippen molar-refractivity contribution < 1.29 is 92.4 Å². The van der Waals surface area contributed by atoms with Gasteiger partial charge in [-0.1, -0.05) is 0 Å². The minimum atomic E-state index is 0. The van der Waals surface area contributed by atoms with Crippen molar-refractivity contribution in [1.82, 2.24) is 0 Å². The predicted octanol–water partition coefficient (Wildman–Crippen LogP) is -0.282. The van der Waals surface area contributed by atoms with Crippen LogP contribution in [0.4, 0.5) is 0 Å². The molecule has 0 N–H and O–H groups in total. The van der Waals surface area contributed by atoms with Crippen LogP contribution < -0.4 is 0 Å². The normalized spacial score (nSPS) is 1.00. The molecule has 0 aliphatic rings. The molecule has 0 aromatic rings. The van der Waals surface area contributed by atoms with Crippen LogP contribution in [0.3, 0.4) is 0 Å². The molecule has 0 spiro atoms. The van der Waals surface area contributed by atoms with Crippen LogP contribution >= 0.6 is 0 Å². The molecule has 0 fully saturated rings. The minimum absolute atomic E-state index is 0. The van der Waals surface area contributed by atoms with Crippen LogP contribution in [0.25, 0.3) is 0 Å². The summed E-state index contributed by atoms with van der Waals surface area (Å²) in [5, 5.41) is 0. The Hall–Kier alpha value is 3.81. The Bertz CT molecular complexity index is 22.0. The third kappa shape index (κ3) is 24.9. The van der Waals surface area contributed by atoms with Gasteiger partial charge in [0.1, 0.15) is 0 Å². The topological polar surface area (TPSA) is 17.1 Å². The molecular weight excluding hydrogens is 369 g/mol. The Kier molecular flexibility index (Phi) is 203. The number of hydrogen-bond donors (Lipinski definition) is 0. The first kappa shape index (κ1) is 32.9. The Balaban J connectivity index is -0.000000000333. The van der Waals surface area contributed by atoms with Gasteiger partial charge in [-0.15, -0.1) is 0 Å². The Morgan fingerprint density at radius 2 is 1.33 bits per heavy atom. The summed E-state index contributed by atoms with van der Waals surface area (Å²) in [6.45, 7) is 0. The molecule has 0 saturated carbocycles. The van der Waals surface area contributed by atoms with Crippen LogP contribution in [0.2, 0.25) is 0 Å². The monoisotopic (exact) mass is 371 g/mol. The van der Waals surface area contributed by atoms with E-state index in [1.807, 2.05) is 0 Å². The van der Waals surface area contributed by atoms with Crippen LogP contribution in [0.15, 0.2) is 0 Å². The van der Waals surface area contributed by atoms with E-state index in [1.165, 1.54) is 0 Å². The average Bonchev–Trinajstić information content (AvgIpc) is 1.00. The maximum atomic E-state index is 7.81. The summed E-state index contributed by atoms with van der Waals surface area (Å²) in [6, 6.07) is 0. The van der Waals surface area contributed by atoms with E-state index in [0.717, 1.165) is 0 Å². The first-order valence-corrected chi connectivity index (χ1v) is 0.508. The molecule has 39 valence electrons. The second-order valence-corrected chi connectivity index (χ2v) is 0. The van der Waals surface area contributed by atoms with E-state index < -0.39 is 0 Å². The standard InChI is InChI=1S/Ca.Cu.Fe.La.Mn.O.2H/q+2;;;;;;2*-1. The fraction of sp³-hybridized carbons (Fsp3) is 0. The number of rotatable bonds is 0. The van der Waals surface area contributed by atoms with Gasteiger partial charge in [0.15, 0.2) is 0 Å². The average molecular weight is 371 g/mol. The van der Waals surface area contributed by atoms with Crippen LogP contribution in [0.1, 0.15) is 2.85 Å². The van der Waals surface area contributed by atoms with E-state index in [1.54, 1.807) is 0 Å². The van der Waals surface area contributed by atoms with E-state index in [4.69, 9.17) is 3.83 Å². The molecule has 0 aromatic carbocycles. The summed E-state index contributed by atoms with van der Waals surface area (Å²) in [7, 11) is 0. The fourth-order valence-corrected chi connectivity index (χ4v) is 0. The summed E-state index contributed by atoms with van der Waals surface area (Å²) < 4.78 is 7.81. The Morgan fingerprint density at radius 3 is 1.33 bits per heavy atom. The molecule has 0 bridgehead atoms. The zero-order chi connectivity index (χ0) is 2.00. The SMILES string of the molecule is [Ca+2].[Fe].[H-].[H-].[La].[Mn].[O]=[Cu]. The van der Waals surface area contributed by atoms with Gasteiger partial charge in [-0.05, 0) is 0 Å². The van der Waals surface area contributed by atoms with Crippen molar-refractivity contribution in [2.75, 3.05) is 0 Å². The van der Waals surface area contributed by atoms with Crippen molar-refractivity contribution in [2.45, 2.75) is 0 Å². The third-order valence-electron chi connectivity index (χ3n) is 0. The van der Waals surface area contributed by atoms with E-state index in [2.05, 4.69) is 15.9 Å². The fourth-order valence-electron chi connectivity index (χ4n) is 0. The van der Waals surface area contributed by atoms with Gasteiger partial charge in [0, 0.05) is 69.7 Å². The molecule has 0 atom stereocenters. The van der Waals surface area contributed by atoms with Crippen molar-refractivity contribution in [2.24, 2.45) is 0 Å². The van der Waals surface area contributed by atoms with Gasteiger partial charge in [0.25, 0.3) is 0 Å². The number of hydrogen-bond acceptors (Lipinski definition) is 1. The van der Waals surface area contributed by atoms with Crippen molar-refractivity contribution in [1.29, 1.82) is 0 Å². The molecule has 0 amide bonds. The molecule has 2 radical (unpaired) electrons. The summed E-state index contributed by atoms with van der Waals surface area (Å²) in [6.07, 6.45) is 0. The van der Waals surface area contributed by atoms with Crippen LogP contribution in [-0.2, 0) is 53.9 Å². The van der Waals surface area contributed by atoms with E-state index >= 15 is 0 Å². The van der Waals surface area contributed by atoms with Crippen LogP contribution in [0.5, 0.6) is 0 Å². The van der Waals surface area contributed by atoms with Crippen LogP contribution in [-0.4, -0.2) is 37.7 Å². The van der Waals surface area contributed by atoms with Crippen molar-refractivity contribution in [3.8, 4) is 0 Å². The van der Waals surface area contributed by atoms with Crippen molar-refractivity contribution in [3.05, 3.63) is 0 Å². The van der Waals surface area contributed by atoms with E-state index in [-0.39, 0.29) is 110 Å². The molecule has 0 aromatic heterocycles. The van der Waals surface area contributed by atoms with Crippen molar-refractivity contribution >= 4 is 37.7 Å². The summed E-state index contributed by atoms with van der Waals surface area (Å²) in [5.74, 6) is 0. The molecule has 0 aliphatic heterocycles. The van der Waals surface area contributed by atoms with Gasteiger partial charge >= 0.3 is 57.5 Å². The van der Waals surface area contributed by atoms with Gasteiger partial charge in [-0.25, -0.2) is 0 Å². The molecule has 6 heavy (non-hydrogen) atoms. The van der Waals surface area contributed by atoms with Gasteiger partial charge in [0.05, 0.1) is 0 Å². The molecular formula is H2CaCuFeLaMnO. The van der Waals surface area contributed by atoms with E-state index in [9.17, 15) is 0 Å². The van der Waals surface area contributed by atoms with Crippen LogP contribution in [0, 0.1) is 35.6 Å². The van der Waals surface area contributed by atoms with Gasteiger partial charge in [-0.3, -0.25) is 0 Å². The Labute approximate surface area is 127 Å². The second kappa shape index (κ2) is 37.0. The second-order valence-electron chi connectivity index (χ2n) is 0. The molecule has 6 heteroatoms. The van der Waals surface area contributed by atoms with Crippen molar-refractivity contribution in [3.63, 3.8) is 0 Å².